The molecule has 20 heavy (non-hydrogen) atoms. The molecule has 1 heterocycles. The maximum atomic E-state index is 11.4. The SMILES string of the molecule is Nc1cc2c(cc1NCC1CCCC1O)CCC(=O)N2. The largest absolute Gasteiger partial charge is 0.397 e. The van der Waals surface area contributed by atoms with Crippen LogP contribution in [0, 0.1) is 5.92 Å². The van der Waals surface area contributed by atoms with Crippen molar-refractivity contribution in [1.82, 2.24) is 0 Å². The Kier molecular flexibility index (Phi) is 3.53. The van der Waals surface area contributed by atoms with Crippen molar-refractivity contribution in [3.05, 3.63) is 17.7 Å². The summed E-state index contributed by atoms with van der Waals surface area (Å²) in [5.74, 6) is 0.358. The number of rotatable bonds is 3. The predicted molar refractivity (Wildman–Crippen MR) is 79.6 cm³/mol. The molecular weight excluding hydrogens is 254 g/mol. The number of nitrogens with one attached hydrogen (secondary N) is 2. The zero-order valence-corrected chi connectivity index (χ0v) is 11.5. The van der Waals surface area contributed by atoms with Gasteiger partial charge in [-0.25, -0.2) is 0 Å². The number of benzene rings is 1. The minimum absolute atomic E-state index is 0.0479. The molecular formula is C15H21N3O2. The molecule has 2 atom stereocenters. The standard InChI is InChI=1S/C15H21N3O2/c16-11-7-12-9(4-5-15(20)18-12)6-13(11)17-8-10-2-1-3-14(10)19/h6-7,10,14,17,19H,1-5,8,16H2,(H,18,20). The van der Waals surface area contributed by atoms with E-state index >= 15 is 0 Å². The molecule has 2 aliphatic rings. The van der Waals surface area contributed by atoms with Crippen LogP contribution in [0.15, 0.2) is 12.1 Å². The summed E-state index contributed by atoms with van der Waals surface area (Å²) in [6, 6.07) is 3.84. The molecule has 0 radical (unpaired) electrons. The number of aliphatic hydroxyl groups is 1. The van der Waals surface area contributed by atoms with Gasteiger partial charge in [-0.2, -0.15) is 0 Å². The number of aliphatic hydroxyl groups excluding tert-OH is 1. The van der Waals surface area contributed by atoms with Crippen molar-refractivity contribution < 1.29 is 9.90 Å². The first-order valence-electron chi connectivity index (χ1n) is 7.27. The van der Waals surface area contributed by atoms with Gasteiger partial charge in [-0.05, 0) is 37.0 Å². The van der Waals surface area contributed by atoms with E-state index in [2.05, 4.69) is 10.6 Å². The lowest BCUT2D eigenvalue weighted by Crippen LogP contribution is -2.23. The van der Waals surface area contributed by atoms with Crippen LogP contribution in [0.2, 0.25) is 0 Å². The molecule has 1 saturated carbocycles. The number of anilines is 3. The van der Waals surface area contributed by atoms with Crippen molar-refractivity contribution in [2.75, 3.05) is 22.9 Å². The van der Waals surface area contributed by atoms with Gasteiger partial charge in [0.1, 0.15) is 0 Å². The molecule has 3 rings (SSSR count). The summed E-state index contributed by atoms with van der Waals surface area (Å²) in [7, 11) is 0. The number of nitrogens with two attached hydrogens (primary N) is 1. The van der Waals surface area contributed by atoms with Gasteiger partial charge in [0, 0.05) is 24.6 Å². The van der Waals surface area contributed by atoms with Gasteiger partial charge in [0.05, 0.1) is 17.5 Å². The highest BCUT2D eigenvalue weighted by molar-refractivity contribution is 5.95. The summed E-state index contributed by atoms with van der Waals surface area (Å²) in [5.41, 5.74) is 9.52. The fourth-order valence-corrected chi connectivity index (χ4v) is 3.09. The van der Waals surface area contributed by atoms with Crippen molar-refractivity contribution in [3.63, 3.8) is 0 Å². The van der Waals surface area contributed by atoms with E-state index in [4.69, 9.17) is 5.73 Å². The lowest BCUT2D eigenvalue weighted by molar-refractivity contribution is -0.116. The van der Waals surface area contributed by atoms with Crippen LogP contribution < -0.4 is 16.4 Å². The summed E-state index contributed by atoms with van der Waals surface area (Å²) >= 11 is 0. The summed E-state index contributed by atoms with van der Waals surface area (Å²) in [6.45, 7) is 0.747. The van der Waals surface area contributed by atoms with Gasteiger partial charge in [-0.3, -0.25) is 4.79 Å². The third-order valence-electron chi connectivity index (χ3n) is 4.34. The van der Waals surface area contributed by atoms with Gasteiger partial charge < -0.3 is 21.5 Å². The smallest absolute Gasteiger partial charge is 0.224 e. The normalized spacial score (nSPS) is 25.1. The molecule has 5 N–H and O–H groups in total. The van der Waals surface area contributed by atoms with Crippen molar-refractivity contribution in [2.24, 2.45) is 5.92 Å². The third kappa shape index (κ3) is 2.58. The fraction of sp³-hybridized carbons (Fsp3) is 0.533. The Hall–Kier alpha value is -1.75. The zero-order chi connectivity index (χ0) is 14.1. The summed E-state index contributed by atoms with van der Waals surface area (Å²) in [4.78, 5) is 11.4. The summed E-state index contributed by atoms with van der Waals surface area (Å²) in [5, 5.41) is 16.0. The van der Waals surface area contributed by atoms with Gasteiger partial charge in [0.2, 0.25) is 5.91 Å². The molecule has 1 aromatic rings. The van der Waals surface area contributed by atoms with Crippen LogP contribution in [0.5, 0.6) is 0 Å². The van der Waals surface area contributed by atoms with Gasteiger partial charge >= 0.3 is 0 Å². The molecule has 1 aliphatic heterocycles. The zero-order valence-electron chi connectivity index (χ0n) is 11.5. The molecule has 0 aromatic heterocycles. The van der Waals surface area contributed by atoms with Crippen LogP contribution in [0.3, 0.4) is 0 Å². The number of aryl methyl sites for hydroxylation is 1. The number of hydrogen-bond acceptors (Lipinski definition) is 4. The molecule has 1 aliphatic carbocycles. The average Bonchev–Trinajstić information content (AvgIpc) is 2.82. The monoisotopic (exact) mass is 275 g/mol. The number of carbonyl (C=O) groups is 1. The molecule has 5 heteroatoms. The fourth-order valence-electron chi connectivity index (χ4n) is 3.09. The van der Waals surface area contributed by atoms with Gasteiger partial charge in [0.25, 0.3) is 0 Å². The number of amides is 1. The molecule has 0 bridgehead atoms. The van der Waals surface area contributed by atoms with Gasteiger partial charge in [-0.1, -0.05) is 6.42 Å². The Morgan fingerprint density at radius 2 is 2.20 bits per heavy atom. The second-order valence-electron chi connectivity index (χ2n) is 5.78. The molecule has 2 unspecified atom stereocenters. The number of fused-ring (bicyclic) bond motifs is 1. The van der Waals surface area contributed by atoms with Gasteiger partial charge in [-0.15, -0.1) is 0 Å². The first-order chi connectivity index (χ1) is 9.63. The van der Waals surface area contributed by atoms with Crippen LogP contribution in [0.1, 0.15) is 31.2 Å². The second-order valence-corrected chi connectivity index (χ2v) is 5.78. The maximum absolute atomic E-state index is 11.4. The lowest BCUT2D eigenvalue weighted by Gasteiger charge is -2.21. The van der Waals surface area contributed by atoms with E-state index in [1.165, 1.54) is 0 Å². The summed E-state index contributed by atoms with van der Waals surface area (Å²) in [6.07, 6.45) is 4.15. The van der Waals surface area contributed by atoms with Gasteiger partial charge in [0.15, 0.2) is 0 Å². The van der Waals surface area contributed by atoms with Crippen molar-refractivity contribution in [1.29, 1.82) is 0 Å². The number of carbonyl (C=O) groups excluding carboxylic acids is 1. The first kappa shape index (κ1) is 13.2. The predicted octanol–water partition coefficient (Wildman–Crippen LogP) is 1.73. The van der Waals surface area contributed by atoms with E-state index in [9.17, 15) is 9.90 Å². The Labute approximate surface area is 118 Å². The van der Waals surface area contributed by atoms with E-state index in [1.807, 2.05) is 12.1 Å². The molecule has 1 fully saturated rings. The Morgan fingerprint density at radius 3 is 2.95 bits per heavy atom. The summed E-state index contributed by atoms with van der Waals surface area (Å²) < 4.78 is 0. The van der Waals surface area contributed by atoms with Crippen molar-refractivity contribution >= 4 is 23.0 Å². The molecule has 5 nitrogen and oxygen atoms in total. The number of nitrogen functional groups attached to an aromatic ring is 1. The molecule has 0 saturated heterocycles. The Morgan fingerprint density at radius 1 is 1.35 bits per heavy atom. The molecule has 108 valence electrons. The highest BCUT2D eigenvalue weighted by Crippen LogP contribution is 2.32. The van der Waals surface area contributed by atoms with Crippen LogP contribution >= 0.6 is 0 Å². The Balaban J connectivity index is 1.72. The van der Waals surface area contributed by atoms with Crippen LogP contribution in [-0.4, -0.2) is 23.7 Å². The minimum Gasteiger partial charge on any atom is -0.397 e. The van der Waals surface area contributed by atoms with E-state index in [0.29, 0.717) is 18.0 Å². The molecule has 1 amide bonds. The van der Waals surface area contributed by atoms with Crippen molar-refractivity contribution in [2.45, 2.75) is 38.2 Å². The minimum atomic E-state index is -0.194. The van der Waals surface area contributed by atoms with E-state index in [-0.39, 0.29) is 12.0 Å². The maximum Gasteiger partial charge on any atom is 0.224 e. The van der Waals surface area contributed by atoms with Crippen molar-refractivity contribution in [3.8, 4) is 0 Å². The topological polar surface area (TPSA) is 87.4 Å². The van der Waals surface area contributed by atoms with Crippen LogP contribution in [-0.2, 0) is 11.2 Å². The lowest BCUT2D eigenvalue weighted by atomic mass is 10.0. The second kappa shape index (κ2) is 5.32. The highest BCUT2D eigenvalue weighted by Gasteiger charge is 2.25. The van der Waals surface area contributed by atoms with Crippen LogP contribution in [0.4, 0.5) is 17.1 Å². The first-order valence-corrected chi connectivity index (χ1v) is 7.27. The third-order valence-corrected chi connectivity index (χ3v) is 4.34. The number of hydrogen-bond donors (Lipinski definition) is 4. The molecule has 1 aromatic carbocycles. The van der Waals surface area contributed by atoms with E-state index < -0.39 is 0 Å². The quantitative estimate of drug-likeness (QED) is 0.633. The van der Waals surface area contributed by atoms with Crippen LogP contribution in [0.25, 0.3) is 0 Å². The Bertz CT molecular complexity index is 530. The van der Waals surface area contributed by atoms with E-state index in [0.717, 1.165) is 49.2 Å². The molecule has 0 spiro atoms. The average molecular weight is 275 g/mol. The van der Waals surface area contributed by atoms with E-state index in [1.54, 1.807) is 0 Å². The highest BCUT2D eigenvalue weighted by atomic mass is 16.3.